The first-order chi connectivity index (χ1) is 8.99. The first-order valence-electron chi connectivity index (χ1n) is 5.61. The molecule has 2 aromatic carbocycles. The van der Waals surface area contributed by atoms with Gasteiger partial charge in [-0.05, 0) is 36.4 Å². The third-order valence-corrected chi connectivity index (χ3v) is 2.77. The summed E-state index contributed by atoms with van der Waals surface area (Å²) in [7, 11) is 1.54. The Labute approximate surface area is 109 Å². The van der Waals surface area contributed by atoms with Gasteiger partial charge in [0.25, 0.3) is 5.91 Å². The molecule has 5 heteroatoms. The van der Waals surface area contributed by atoms with Crippen LogP contribution in [0.25, 0.3) is 0 Å². The molecular formula is C14H13FN2O2. The Balaban J connectivity index is 2.30. The number of carbonyl (C=O) groups excluding carboxylic acids is 1. The molecule has 0 atom stereocenters. The number of anilines is 2. The van der Waals surface area contributed by atoms with E-state index in [1.165, 1.54) is 17.0 Å². The third-order valence-electron chi connectivity index (χ3n) is 2.77. The van der Waals surface area contributed by atoms with Crippen LogP contribution in [0.15, 0.2) is 42.5 Å². The number of amides is 1. The smallest absolute Gasteiger partial charge is 0.260 e. The largest absolute Gasteiger partial charge is 0.508 e. The Morgan fingerprint density at radius 2 is 1.84 bits per heavy atom. The van der Waals surface area contributed by atoms with Gasteiger partial charge in [-0.15, -0.1) is 0 Å². The average molecular weight is 260 g/mol. The van der Waals surface area contributed by atoms with Gasteiger partial charge >= 0.3 is 0 Å². The lowest BCUT2D eigenvalue weighted by Crippen LogP contribution is -2.27. The summed E-state index contributed by atoms with van der Waals surface area (Å²) in [6.07, 6.45) is 0. The van der Waals surface area contributed by atoms with Crippen LogP contribution in [0, 0.1) is 5.82 Å². The number of nitrogen functional groups attached to an aromatic ring is 1. The second kappa shape index (κ2) is 4.97. The summed E-state index contributed by atoms with van der Waals surface area (Å²) < 4.78 is 13.6. The first-order valence-corrected chi connectivity index (χ1v) is 5.61. The maximum Gasteiger partial charge on any atom is 0.260 e. The van der Waals surface area contributed by atoms with E-state index in [1.54, 1.807) is 31.3 Å². The van der Waals surface area contributed by atoms with Crippen molar-refractivity contribution in [2.45, 2.75) is 0 Å². The number of rotatable bonds is 2. The Bertz CT molecular complexity index is 611. The molecule has 98 valence electrons. The molecule has 0 aliphatic heterocycles. The summed E-state index contributed by atoms with van der Waals surface area (Å²) in [4.78, 5) is 13.4. The van der Waals surface area contributed by atoms with E-state index in [1.807, 2.05) is 0 Å². The second-order valence-electron chi connectivity index (χ2n) is 4.12. The van der Waals surface area contributed by atoms with Gasteiger partial charge in [0.15, 0.2) is 0 Å². The predicted molar refractivity (Wildman–Crippen MR) is 71.7 cm³/mol. The van der Waals surface area contributed by atoms with Crippen LogP contribution in [-0.2, 0) is 0 Å². The summed E-state index contributed by atoms with van der Waals surface area (Å²) in [5.74, 6) is -1.47. The number of benzene rings is 2. The molecule has 0 aliphatic carbocycles. The molecule has 0 saturated carbocycles. The van der Waals surface area contributed by atoms with Crippen LogP contribution in [0.3, 0.4) is 0 Å². The molecule has 0 unspecified atom stereocenters. The van der Waals surface area contributed by atoms with Gasteiger partial charge in [-0.25, -0.2) is 4.39 Å². The fourth-order valence-corrected chi connectivity index (χ4v) is 1.67. The lowest BCUT2D eigenvalue weighted by atomic mass is 10.1. The average Bonchev–Trinajstić information content (AvgIpc) is 2.38. The Morgan fingerprint density at radius 3 is 2.42 bits per heavy atom. The molecule has 3 N–H and O–H groups in total. The van der Waals surface area contributed by atoms with Crippen LogP contribution >= 0.6 is 0 Å². The molecule has 0 fully saturated rings. The second-order valence-corrected chi connectivity index (χ2v) is 4.12. The van der Waals surface area contributed by atoms with E-state index in [0.717, 1.165) is 6.07 Å². The van der Waals surface area contributed by atoms with Crippen molar-refractivity contribution in [3.05, 3.63) is 53.8 Å². The number of nitrogens with two attached hydrogens (primary N) is 1. The summed E-state index contributed by atoms with van der Waals surface area (Å²) in [5.41, 5.74) is 6.65. The van der Waals surface area contributed by atoms with Crippen molar-refractivity contribution in [1.82, 2.24) is 0 Å². The molecule has 0 heterocycles. The minimum atomic E-state index is -0.757. The molecular weight excluding hydrogens is 247 g/mol. The standard InChI is InChI=1S/C14H13FN2O2/c1-17(10-4-2-9(16)3-5-10)14(19)12-7-6-11(18)8-13(12)15/h2-8,18H,16H2,1H3. The van der Waals surface area contributed by atoms with Gasteiger partial charge in [0.2, 0.25) is 0 Å². The van der Waals surface area contributed by atoms with Crippen LogP contribution in [0.1, 0.15) is 10.4 Å². The van der Waals surface area contributed by atoms with Crippen molar-refractivity contribution in [3.8, 4) is 5.75 Å². The number of phenols is 1. The Kier molecular flexibility index (Phi) is 3.37. The molecule has 19 heavy (non-hydrogen) atoms. The fourth-order valence-electron chi connectivity index (χ4n) is 1.67. The van der Waals surface area contributed by atoms with Crippen molar-refractivity contribution < 1.29 is 14.3 Å². The zero-order valence-electron chi connectivity index (χ0n) is 10.3. The third kappa shape index (κ3) is 2.65. The molecule has 1 amide bonds. The predicted octanol–water partition coefficient (Wildman–Crippen LogP) is 2.39. The number of phenolic OH excluding ortho intramolecular Hbond substituents is 1. The van der Waals surface area contributed by atoms with Crippen LogP contribution in [0.4, 0.5) is 15.8 Å². The van der Waals surface area contributed by atoms with Gasteiger partial charge < -0.3 is 15.7 Å². The van der Waals surface area contributed by atoms with E-state index in [0.29, 0.717) is 11.4 Å². The Hall–Kier alpha value is -2.56. The summed E-state index contributed by atoms with van der Waals surface area (Å²) in [5, 5.41) is 9.13. The van der Waals surface area contributed by atoms with Crippen LogP contribution in [0.5, 0.6) is 5.75 Å². The minimum Gasteiger partial charge on any atom is -0.508 e. The summed E-state index contributed by atoms with van der Waals surface area (Å²) >= 11 is 0. The van der Waals surface area contributed by atoms with Gasteiger partial charge in [-0.2, -0.15) is 0 Å². The van der Waals surface area contributed by atoms with Gasteiger partial charge in [0.1, 0.15) is 11.6 Å². The molecule has 0 saturated heterocycles. The van der Waals surface area contributed by atoms with E-state index in [4.69, 9.17) is 10.8 Å². The van der Waals surface area contributed by atoms with Crippen molar-refractivity contribution in [2.24, 2.45) is 0 Å². The zero-order valence-corrected chi connectivity index (χ0v) is 10.3. The highest BCUT2D eigenvalue weighted by Crippen LogP contribution is 2.20. The number of nitrogens with zero attached hydrogens (tertiary/aromatic N) is 1. The maximum atomic E-state index is 13.6. The molecule has 0 radical (unpaired) electrons. The number of aromatic hydroxyl groups is 1. The number of halogens is 1. The van der Waals surface area contributed by atoms with Gasteiger partial charge in [-0.1, -0.05) is 0 Å². The first kappa shape index (κ1) is 12.9. The molecule has 0 aromatic heterocycles. The minimum absolute atomic E-state index is 0.0999. The van der Waals surface area contributed by atoms with E-state index in [-0.39, 0.29) is 11.3 Å². The topological polar surface area (TPSA) is 66.6 Å². The lowest BCUT2D eigenvalue weighted by molar-refractivity contribution is 0.0989. The van der Waals surface area contributed by atoms with E-state index in [2.05, 4.69) is 0 Å². The molecule has 2 aromatic rings. The highest BCUT2D eigenvalue weighted by Gasteiger charge is 2.17. The highest BCUT2D eigenvalue weighted by molar-refractivity contribution is 6.06. The fraction of sp³-hybridized carbons (Fsp3) is 0.0714. The highest BCUT2D eigenvalue weighted by atomic mass is 19.1. The van der Waals surface area contributed by atoms with Gasteiger partial charge in [0.05, 0.1) is 5.56 Å². The molecule has 0 spiro atoms. The SMILES string of the molecule is CN(C(=O)c1ccc(O)cc1F)c1ccc(N)cc1. The van der Waals surface area contributed by atoms with Crippen molar-refractivity contribution in [2.75, 3.05) is 17.7 Å². The maximum absolute atomic E-state index is 13.6. The van der Waals surface area contributed by atoms with Crippen LogP contribution in [0.2, 0.25) is 0 Å². The molecule has 0 aliphatic rings. The van der Waals surface area contributed by atoms with E-state index >= 15 is 0 Å². The normalized spacial score (nSPS) is 10.2. The van der Waals surface area contributed by atoms with Crippen LogP contribution < -0.4 is 10.6 Å². The van der Waals surface area contributed by atoms with Crippen molar-refractivity contribution in [3.63, 3.8) is 0 Å². The van der Waals surface area contributed by atoms with Crippen molar-refractivity contribution in [1.29, 1.82) is 0 Å². The van der Waals surface area contributed by atoms with E-state index < -0.39 is 11.7 Å². The quantitative estimate of drug-likeness (QED) is 0.815. The number of carbonyl (C=O) groups is 1. The molecule has 4 nitrogen and oxygen atoms in total. The van der Waals surface area contributed by atoms with Gasteiger partial charge in [0, 0.05) is 24.5 Å². The Morgan fingerprint density at radius 1 is 1.21 bits per heavy atom. The monoisotopic (exact) mass is 260 g/mol. The van der Waals surface area contributed by atoms with Gasteiger partial charge in [-0.3, -0.25) is 4.79 Å². The van der Waals surface area contributed by atoms with Crippen molar-refractivity contribution >= 4 is 17.3 Å². The molecule has 2 rings (SSSR count). The summed E-state index contributed by atoms with van der Waals surface area (Å²) in [6.45, 7) is 0. The summed E-state index contributed by atoms with van der Waals surface area (Å²) in [6, 6.07) is 10.1. The number of hydrogen-bond acceptors (Lipinski definition) is 3. The molecule has 0 bridgehead atoms. The zero-order chi connectivity index (χ0) is 14.0. The van der Waals surface area contributed by atoms with Crippen LogP contribution in [-0.4, -0.2) is 18.1 Å². The number of hydrogen-bond donors (Lipinski definition) is 2. The lowest BCUT2D eigenvalue weighted by Gasteiger charge is -2.18. The van der Waals surface area contributed by atoms with E-state index in [9.17, 15) is 9.18 Å².